The average Bonchev–Trinajstić information content (AvgIpc) is 1.93. The van der Waals surface area contributed by atoms with Gasteiger partial charge in [0.2, 0.25) is 0 Å². The van der Waals surface area contributed by atoms with Crippen LogP contribution in [0.15, 0.2) is 24.3 Å². The summed E-state index contributed by atoms with van der Waals surface area (Å²) in [4.78, 5) is 0. The zero-order chi connectivity index (χ0) is 8.27. The zero-order valence-electron chi connectivity index (χ0n) is 6.25. The van der Waals surface area contributed by atoms with Crippen molar-refractivity contribution in [3.8, 4) is 0 Å². The molecule has 0 saturated heterocycles. The van der Waals surface area contributed by atoms with Crippen LogP contribution in [0, 0.1) is 0 Å². The molecule has 0 amide bonds. The summed E-state index contributed by atoms with van der Waals surface area (Å²) in [7, 11) is -1.08. The first kappa shape index (κ1) is 8.70. The highest BCUT2D eigenvalue weighted by molar-refractivity contribution is 7.42. The van der Waals surface area contributed by atoms with Gasteiger partial charge in [-0.05, 0) is 17.7 Å². The monoisotopic (exact) mass is 187 g/mol. The highest BCUT2D eigenvalue weighted by atomic mass is 35.5. The molecule has 0 saturated carbocycles. The highest BCUT2D eigenvalue weighted by Gasteiger charge is 2.06. The first-order chi connectivity index (χ1) is 5.18. The summed E-state index contributed by atoms with van der Waals surface area (Å²) in [5, 5.41) is 0.722. The Balaban J connectivity index is 2.74. The summed E-state index contributed by atoms with van der Waals surface area (Å²) in [5.41, 5.74) is 1.08. The molecule has 0 aliphatic rings. The predicted molar refractivity (Wildman–Crippen MR) is 48.7 cm³/mol. The molecule has 3 heteroatoms. The molecule has 0 fully saturated rings. The molecule has 58 valence electrons. The van der Waals surface area contributed by atoms with Crippen LogP contribution < -0.4 is 0 Å². The Bertz CT molecular complexity index is 255. The fourth-order valence-corrected chi connectivity index (χ4v) is 1.70. The second kappa shape index (κ2) is 3.85. The molecule has 0 aliphatic carbocycles. The van der Waals surface area contributed by atoms with Crippen molar-refractivity contribution < 1.29 is 4.57 Å². The van der Waals surface area contributed by atoms with Crippen LogP contribution in [0.5, 0.6) is 0 Å². The third-order valence-corrected chi connectivity index (χ3v) is 2.38. The molecule has 0 radical (unpaired) electrons. The van der Waals surface area contributed by atoms with Crippen molar-refractivity contribution in [2.75, 3.05) is 6.66 Å². The molecule has 1 unspecified atom stereocenters. The van der Waals surface area contributed by atoms with E-state index in [1.807, 2.05) is 24.3 Å². The van der Waals surface area contributed by atoms with E-state index in [1.54, 1.807) is 6.66 Å². The van der Waals surface area contributed by atoms with Crippen LogP contribution in [0.2, 0.25) is 5.02 Å². The Hall–Kier alpha value is -0.390. The molecule has 0 aliphatic heterocycles. The SMILES string of the molecule is C[P+](=O)Cc1ccc(Cl)cc1. The van der Waals surface area contributed by atoms with E-state index in [0.717, 1.165) is 10.6 Å². The van der Waals surface area contributed by atoms with Crippen LogP contribution >= 0.6 is 19.4 Å². The lowest BCUT2D eigenvalue weighted by atomic mass is 10.2. The maximum atomic E-state index is 10.8. The van der Waals surface area contributed by atoms with E-state index >= 15 is 0 Å². The van der Waals surface area contributed by atoms with Crippen molar-refractivity contribution in [3.05, 3.63) is 34.9 Å². The lowest BCUT2D eigenvalue weighted by Crippen LogP contribution is -1.77. The van der Waals surface area contributed by atoms with Gasteiger partial charge >= 0.3 is 7.80 Å². The van der Waals surface area contributed by atoms with E-state index < -0.39 is 7.80 Å². The third-order valence-electron chi connectivity index (χ3n) is 1.32. The Kier molecular flexibility index (Phi) is 3.04. The van der Waals surface area contributed by atoms with Crippen molar-refractivity contribution in [2.24, 2.45) is 0 Å². The zero-order valence-corrected chi connectivity index (χ0v) is 7.90. The quantitative estimate of drug-likeness (QED) is 0.650. The molecule has 0 bridgehead atoms. The maximum Gasteiger partial charge on any atom is 0.340 e. The molecule has 0 spiro atoms. The summed E-state index contributed by atoms with van der Waals surface area (Å²) < 4.78 is 10.8. The fraction of sp³-hybridized carbons (Fsp3) is 0.250. The minimum Gasteiger partial charge on any atom is -0.0843 e. The smallest absolute Gasteiger partial charge is 0.0843 e. The van der Waals surface area contributed by atoms with Gasteiger partial charge in [-0.1, -0.05) is 28.3 Å². The van der Waals surface area contributed by atoms with E-state index in [2.05, 4.69) is 0 Å². The second-order valence-electron chi connectivity index (χ2n) is 2.41. The lowest BCUT2D eigenvalue weighted by Gasteiger charge is -1.90. The van der Waals surface area contributed by atoms with Crippen molar-refractivity contribution in [1.29, 1.82) is 0 Å². The molecule has 11 heavy (non-hydrogen) atoms. The molecule has 1 nitrogen and oxygen atoms in total. The van der Waals surface area contributed by atoms with Gasteiger partial charge in [-0.2, -0.15) is 0 Å². The van der Waals surface area contributed by atoms with E-state index in [9.17, 15) is 4.57 Å². The molecule has 0 N–H and O–H groups in total. The van der Waals surface area contributed by atoms with E-state index in [-0.39, 0.29) is 0 Å². The van der Waals surface area contributed by atoms with E-state index in [1.165, 1.54) is 0 Å². The van der Waals surface area contributed by atoms with Gasteiger partial charge in [0.1, 0.15) is 6.66 Å². The number of hydrogen-bond donors (Lipinski definition) is 0. The van der Waals surface area contributed by atoms with Crippen LogP contribution in [-0.2, 0) is 10.7 Å². The summed E-state index contributed by atoms with van der Waals surface area (Å²) in [6.45, 7) is 1.73. The number of hydrogen-bond acceptors (Lipinski definition) is 1. The van der Waals surface area contributed by atoms with Gasteiger partial charge in [-0.25, -0.2) is 0 Å². The molecule has 1 atom stereocenters. The van der Waals surface area contributed by atoms with Crippen LogP contribution in [0.25, 0.3) is 0 Å². The minimum atomic E-state index is -1.08. The van der Waals surface area contributed by atoms with Gasteiger partial charge in [0, 0.05) is 5.02 Å². The first-order valence-electron chi connectivity index (χ1n) is 3.31. The molecular weight excluding hydrogens is 179 g/mol. The summed E-state index contributed by atoms with van der Waals surface area (Å²) >= 11 is 5.68. The molecule has 1 aromatic rings. The lowest BCUT2D eigenvalue weighted by molar-refractivity contribution is 0.590. The summed E-state index contributed by atoms with van der Waals surface area (Å²) in [5.74, 6) is 0. The van der Waals surface area contributed by atoms with Gasteiger partial charge in [0.05, 0.1) is 0 Å². The highest BCUT2D eigenvalue weighted by Crippen LogP contribution is 2.22. The number of benzene rings is 1. The van der Waals surface area contributed by atoms with Crippen LogP contribution in [-0.4, -0.2) is 6.66 Å². The van der Waals surface area contributed by atoms with Gasteiger partial charge in [-0.3, -0.25) is 0 Å². The van der Waals surface area contributed by atoms with Crippen molar-refractivity contribution >= 4 is 19.4 Å². The van der Waals surface area contributed by atoms with Crippen LogP contribution in [0.1, 0.15) is 5.56 Å². The predicted octanol–water partition coefficient (Wildman–Crippen LogP) is 3.30. The molecule has 1 rings (SSSR count). The summed E-state index contributed by atoms with van der Waals surface area (Å²) in [6, 6.07) is 7.43. The second-order valence-corrected chi connectivity index (χ2v) is 4.42. The van der Waals surface area contributed by atoms with Gasteiger partial charge in [-0.15, -0.1) is 0 Å². The Labute approximate surface area is 72.2 Å². The normalized spacial score (nSPS) is 11.3. The Morgan fingerprint density at radius 2 is 1.91 bits per heavy atom. The first-order valence-corrected chi connectivity index (χ1v) is 5.58. The van der Waals surface area contributed by atoms with Crippen molar-refractivity contribution in [1.82, 2.24) is 0 Å². The van der Waals surface area contributed by atoms with Crippen molar-refractivity contribution in [2.45, 2.75) is 6.16 Å². The molecule has 0 heterocycles. The molecule has 1 aromatic carbocycles. The fourth-order valence-electron chi connectivity index (χ4n) is 0.847. The molecule has 0 aromatic heterocycles. The maximum absolute atomic E-state index is 10.8. The van der Waals surface area contributed by atoms with Gasteiger partial charge in [0.25, 0.3) is 0 Å². The van der Waals surface area contributed by atoms with Gasteiger partial charge < -0.3 is 0 Å². The van der Waals surface area contributed by atoms with Crippen LogP contribution in [0.4, 0.5) is 0 Å². The van der Waals surface area contributed by atoms with Crippen LogP contribution in [0.3, 0.4) is 0 Å². The standard InChI is InChI=1S/C8H9ClOP/c1-11(10)6-7-2-4-8(9)5-3-7/h2-5H,6H2,1H3/q+1. The van der Waals surface area contributed by atoms with E-state index in [0.29, 0.717) is 6.16 Å². The number of halogens is 1. The Morgan fingerprint density at radius 1 is 1.36 bits per heavy atom. The average molecular weight is 188 g/mol. The van der Waals surface area contributed by atoms with E-state index in [4.69, 9.17) is 11.6 Å². The van der Waals surface area contributed by atoms with Crippen molar-refractivity contribution in [3.63, 3.8) is 0 Å². The molecular formula is C8H9ClOP+. The minimum absolute atomic E-state index is 0.645. The largest absolute Gasteiger partial charge is 0.340 e. The summed E-state index contributed by atoms with van der Waals surface area (Å²) in [6.07, 6.45) is 0.645. The topological polar surface area (TPSA) is 17.1 Å². The number of rotatable bonds is 2. The third kappa shape index (κ3) is 3.00. The van der Waals surface area contributed by atoms with Gasteiger partial charge in [0.15, 0.2) is 6.16 Å². The Morgan fingerprint density at radius 3 is 2.36 bits per heavy atom.